The van der Waals surface area contributed by atoms with E-state index in [2.05, 4.69) is 21.1 Å². The van der Waals surface area contributed by atoms with E-state index in [9.17, 15) is 0 Å². The van der Waals surface area contributed by atoms with Crippen molar-refractivity contribution in [3.05, 3.63) is 28.2 Å². The van der Waals surface area contributed by atoms with E-state index in [1.807, 2.05) is 39.0 Å². The third kappa shape index (κ3) is 3.91. The summed E-state index contributed by atoms with van der Waals surface area (Å²) in [6.07, 6.45) is 0.679. The maximum atomic E-state index is 8.68. The van der Waals surface area contributed by atoms with Gasteiger partial charge >= 0.3 is 0 Å². The van der Waals surface area contributed by atoms with Crippen molar-refractivity contribution in [3.63, 3.8) is 0 Å². The highest BCUT2D eigenvalue weighted by Crippen LogP contribution is 2.24. The topological polar surface area (TPSA) is 67.8 Å². The first-order valence-electron chi connectivity index (χ1n) is 5.74. The van der Waals surface area contributed by atoms with Gasteiger partial charge in [0.25, 0.3) is 0 Å². The summed E-state index contributed by atoms with van der Waals surface area (Å²) in [4.78, 5) is 0. The molecule has 0 saturated heterocycles. The molecule has 0 heterocycles. The number of nitrogens with two attached hydrogens (primary N) is 1. The lowest BCUT2D eigenvalue weighted by atomic mass is 9.88. The van der Waals surface area contributed by atoms with Crippen LogP contribution in [-0.2, 0) is 0 Å². The van der Waals surface area contributed by atoms with Gasteiger partial charge in [-0.1, -0.05) is 34.9 Å². The quantitative estimate of drug-likeness (QED) is 0.379. The fourth-order valence-electron chi connectivity index (χ4n) is 1.45. The molecule has 0 spiro atoms. The van der Waals surface area contributed by atoms with E-state index in [1.54, 1.807) is 0 Å². The van der Waals surface area contributed by atoms with Crippen molar-refractivity contribution in [2.24, 2.45) is 16.3 Å². The molecule has 5 heteroatoms. The molecule has 1 rings (SSSR count). The maximum Gasteiger partial charge on any atom is 0.144 e. The second-order valence-electron chi connectivity index (χ2n) is 4.88. The largest absolute Gasteiger partial charge is 0.493 e. The van der Waals surface area contributed by atoms with Crippen molar-refractivity contribution in [2.75, 3.05) is 6.61 Å². The number of hydrogen-bond acceptors (Lipinski definition) is 3. The zero-order valence-corrected chi connectivity index (χ0v) is 12.5. The van der Waals surface area contributed by atoms with Gasteiger partial charge in [0.1, 0.15) is 11.6 Å². The third-order valence-electron chi connectivity index (χ3n) is 2.92. The van der Waals surface area contributed by atoms with Crippen LogP contribution in [0.1, 0.15) is 25.8 Å². The average Bonchev–Trinajstić information content (AvgIpc) is 2.30. The molecule has 0 unspecified atom stereocenters. The van der Waals surface area contributed by atoms with Gasteiger partial charge in [0.15, 0.2) is 0 Å². The fourth-order valence-corrected chi connectivity index (χ4v) is 1.93. The van der Waals surface area contributed by atoms with Gasteiger partial charge in [-0.05, 0) is 37.1 Å². The van der Waals surface area contributed by atoms with Gasteiger partial charge < -0.3 is 15.7 Å². The summed E-state index contributed by atoms with van der Waals surface area (Å²) in [5.74, 6) is 1.08. The summed E-state index contributed by atoms with van der Waals surface area (Å²) in [5, 5.41) is 11.7. The Balaban J connectivity index is 2.57. The van der Waals surface area contributed by atoms with Crippen molar-refractivity contribution in [2.45, 2.75) is 27.2 Å². The van der Waals surface area contributed by atoms with E-state index in [0.29, 0.717) is 13.0 Å². The molecular formula is C13H19BrN2O2. The van der Waals surface area contributed by atoms with Gasteiger partial charge in [0, 0.05) is 9.89 Å². The molecule has 0 amide bonds. The molecule has 0 atom stereocenters. The summed E-state index contributed by atoms with van der Waals surface area (Å²) in [6.45, 7) is 6.35. The molecular weight excluding hydrogens is 296 g/mol. The van der Waals surface area contributed by atoms with Crippen LogP contribution in [0.4, 0.5) is 0 Å². The zero-order valence-electron chi connectivity index (χ0n) is 10.9. The first-order valence-corrected chi connectivity index (χ1v) is 6.53. The number of amidine groups is 1. The number of benzene rings is 1. The second-order valence-corrected chi connectivity index (χ2v) is 5.79. The van der Waals surface area contributed by atoms with E-state index >= 15 is 0 Å². The van der Waals surface area contributed by atoms with Crippen LogP contribution in [0.15, 0.2) is 27.8 Å². The molecule has 0 aliphatic heterocycles. The molecule has 100 valence electrons. The van der Waals surface area contributed by atoms with Crippen LogP contribution < -0.4 is 10.5 Å². The Morgan fingerprint density at radius 2 is 2.17 bits per heavy atom. The molecule has 0 radical (unpaired) electrons. The number of oxime groups is 1. The highest BCUT2D eigenvalue weighted by molar-refractivity contribution is 9.10. The Morgan fingerprint density at radius 3 is 2.72 bits per heavy atom. The van der Waals surface area contributed by atoms with Gasteiger partial charge in [0.2, 0.25) is 0 Å². The number of halogens is 1. The maximum absolute atomic E-state index is 8.68. The molecule has 3 N–H and O–H groups in total. The number of rotatable bonds is 5. The highest BCUT2D eigenvalue weighted by atomic mass is 79.9. The van der Waals surface area contributed by atoms with Crippen molar-refractivity contribution in [3.8, 4) is 5.75 Å². The van der Waals surface area contributed by atoms with Crippen LogP contribution in [0.2, 0.25) is 0 Å². The SMILES string of the molecule is Cc1cc(Br)ccc1OCCC(C)(C)C(N)=NO. The van der Waals surface area contributed by atoms with Crippen LogP contribution in [0.5, 0.6) is 5.75 Å². The van der Waals surface area contributed by atoms with Gasteiger partial charge in [0.05, 0.1) is 6.61 Å². The third-order valence-corrected chi connectivity index (χ3v) is 3.42. The van der Waals surface area contributed by atoms with Crippen LogP contribution in [-0.4, -0.2) is 17.6 Å². The monoisotopic (exact) mass is 314 g/mol. The van der Waals surface area contributed by atoms with Gasteiger partial charge in [-0.25, -0.2) is 0 Å². The van der Waals surface area contributed by atoms with E-state index < -0.39 is 0 Å². The van der Waals surface area contributed by atoms with Crippen LogP contribution >= 0.6 is 15.9 Å². The zero-order chi connectivity index (χ0) is 13.8. The van der Waals surface area contributed by atoms with E-state index in [-0.39, 0.29) is 11.3 Å². The van der Waals surface area contributed by atoms with Crippen molar-refractivity contribution >= 4 is 21.8 Å². The molecule has 0 fully saturated rings. The molecule has 0 bridgehead atoms. The minimum atomic E-state index is -0.377. The molecule has 18 heavy (non-hydrogen) atoms. The second kappa shape index (κ2) is 6.09. The van der Waals surface area contributed by atoms with Crippen molar-refractivity contribution < 1.29 is 9.94 Å². The fraction of sp³-hybridized carbons (Fsp3) is 0.462. The smallest absolute Gasteiger partial charge is 0.144 e. The molecule has 0 aliphatic rings. The molecule has 1 aromatic rings. The Bertz CT molecular complexity index is 445. The van der Waals surface area contributed by atoms with E-state index in [0.717, 1.165) is 15.8 Å². The summed E-state index contributed by atoms with van der Waals surface area (Å²) in [6, 6.07) is 5.87. The molecule has 4 nitrogen and oxygen atoms in total. The standard InChI is InChI=1S/C13H19BrN2O2/c1-9-8-10(14)4-5-11(9)18-7-6-13(2,3)12(15)16-17/h4-5,8,17H,6-7H2,1-3H3,(H2,15,16). The van der Waals surface area contributed by atoms with Crippen LogP contribution in [0.3, 0.4) is 0 Å². The summed E-state index contributed by atoms with van der Waals surface area (Å²) in [7, 11) is 0. The first-order chi connectivity index (χ1) is 8.36. The molecule has 1 aromatic carbocycles. The van der Waals surface area contributed by atoms with Gasteiger partial charge in [-0.15, -0.1) is 0 Å². The summed E-state index contributed by atoms with van der Waals surface area (Å²) in [5.41, 5.74) is 6.32. The summed E-state index contributed by atoms with van der Waals surface area (Å²) >= 11 is 3.41. The number of aryl methyl sites for hydroxylation is 1. The number of nitrogens with zero attached hydrogens (tertiary/aromatic N) is 1. The minimum Gasteiger partial charge on any atom is -0.493 e. The summed E-state index contributed by atoms with van der Waals surface area (Å²) < 4.78 is 6.74. The van der Waals surface area contributed by atoms with E-state index in [1.165, 1.54) is 0 Å². The number of ether oxygens (including phenoxy) is 1. The molecule has 0 saturated carbocycles. The van der Waals surface area contributed by atoms with Gasteiger partial charge in [-0.3, -0.25) is 0 Å². The molecule has 0 aliphatic carbocycles. The number of hydrogen-bond donors (Lipinski definition) is 2. The normalized spacial score (nSPS) is 12.6. The average molecular weight is 315 g/mol. The Hall–Kier alpha value is -1.23. The highest BCUT2D eigenvalue weighted by Gasteiger charge is 2.23. The Kier molecular flexibility index (Phi) is 5.02. The Morgan fingerprint density at radius 1 is 1.50 bits per heavy atom. The molecule has 0 aromatic heterocycles. The van der Waals surface area contributed by atoms with Crippen molar-refractivity contribution in [1.82, 2.24) is 0 Å². The lowest BCUT2D eigenvalue weighted by molar-refractivity contribution is 0.258. The van der Waals surface area contributed by atoms with E-state index in [4.69, 9.17) is 15.7 Å². The van der Waals surface area contributed by atoms with Crippen LogP contribution in [0, 0.1) is 12.3 Å². The lowest BCUT2D eigenvalue weighted by Crippen LogP contribution is -2.33. The lowest BCUT2D eigenvalue weighted by Gasteiger charge is -2.22. The minimum absolute atomic E-state index is 0.221. The van der Waals surface area contributed by atoms with Gasteiger partial charge in [-0.2, -0.15) is 0 Å². The van der Waals surface area contributed by atoms with Crippen molar-refractivity contribution in [1.29, 1.82) is 0 Å². The predicted molar refractivity (Wildman–Crippen MR) is 76.2 cm³/mol. The first kappa shape index (κ1) is 14.8. The van der Waals surface area contributed by atoms with Crippen LogP contribution in [0.25, 0.3) is 0 Å². The Labute approximate surface area is 116 Å². The predicted octanol–water partition coefficient (Wildman–Crippen LogP) is 3.30.